The molecule has 0 aromatic heterocycles. The first-order valence-corrected chi connectivity index (χ1v) is 10.6. The molecule has 0 aliphatic carbocycles. The van der Waals surface area contributed by atoms with Crippen molar-refractivity contribution in [3.8, 4) is 5.75 Å². The lowest BCUT2D eigenvalue weighted by Gasteiger charge is -2.27. The summed E-state index contributed by atoms with van der Waals surface area (Å²) in [4.78, 5) is 2.45. The first-order chi connectivity index (χ1) is 13.8. The molecule has 0 spiro atoms. The lowest BCUT2D eigenvalue weighted by Crippen LogP contribution is -2.37. The number of phenols is 1. The van der Waals surface area contributed by atoms with E-state index in [1.807, 2.05) is 12.1 Å². The van der Waals surface area contributed by atoms with Gasteiger partial charge in [-0.25, -0.2) is 0 Å². The van der Waals surface area contributed by atoms with E-state index in [-0.39, 0.29) is 6.10 Å². The van der Waals surface area contributed by atoms with E-state index in [1.165, 1.54) is 5.56 Å². The third-order valence-corrected chi connectivity index (χ3v) is 5.33. The Morgan fingerprint density at radius 3 is 2.43 bits per heavy atom. The lowest BCUT2D eigenvalue weighted by atomic mass is 10.0. The van der Waals surface area contributed by atoms with E-state index in [1.54, 1.807) is 12.1 Å². The Hall–Kier alpha value is -1.88. The molecular formula is C24H33NO3. The fraction of sp³-hybridized carbons (Fsp3) is 0.500. The van der Waals surface area contributed by atoms with E-state index >= 15 is 0 Å². The summed E-state index contributed by atoms with van der Waals surface area (Å²) in [5.74, 6) is 0.305. The quantitative estimate of drug-likeness (QED) is 0.577. The maximum Gasteiger partial charge on any atom is 0.115 e. The number of hydrogen-bond donors (Lipinski definition) is 1. The third-order valence-electron chi connectivity index (χ3n) is 5.33. The van der Waals surface area contributed by atoms with Crippen LogP contribution < -0.4 is 0 Å². The number of aromatic hydroxyl groups is 1. The number of benzene rings is 2. The number of nitrogens with zero attached hydrogens (tertiary/aromatic N) is 1. The molecule has 2 aromatic rings. The molecule has 1 N–H and O–H groups in total. The summed E-state index contributed by atoms with van der Waals surface area (Å²) in [6, 6.07) is 18.1. The molecule has 1 aliphatic heterocycles. The Bertz CT molecular complexity index is 653. The molecule has 0 amide bonds. The molecule has 28 heavy (non-hydrogen) atoms. The lowest BCUT2D eigenvalue weighted by molar-refractivity contribution is 0.0175. The summed E-state index contributed by atoms with van der Waals surface area (Å²) < 4.78 is 11.7. The van der Waals surface area contributed by atoms with Crippen molar-refractivity contribution in [3.05, 3.63) is 65.7 Å². The van der Waals surface area contributed by atoms with Crippen molar-refractivity contribution in [2.24, 2.45) is 0 Å². The topological polar surface area (TPSA) is 41.9 Å². The van der Waals surface area contributed by atoms with Gasteiger partial charge >= 0.3 is 0 Å². The smallest absolute Gasteiger partial charge is 0.115 e. The largest absolute Gasteiger partial charge is 0.508 e. The van der Waals surface area contributed by atoms with Crippen LogP contribution in [0.3, 0.4) is 0 Å². The predicted molar refractivity (Wildman–Crippen MR) is 113 cm³/mol. The minimum atomic E-state index is 0.0982. The zero-order valence-electron chi connectivity index (χ0n) is 16.8. The first-order valence-electron chi connectivity index (χ1n) is 10.6. The molecule has 1 unspecified atom stereocenters. The number of phenolic OH excluding ortho intramolecular Hbond substituents is 1. The van der Waals surface area contributed by atoms with Crippen LogP contribution >= 0.6 is 0 Å². The maximum absolute atomic E-state index is 9.58. The second-order valence-corrected chi connectivity index (χ2v) is 7.49. The molecule has 1 aliphatic rings. The van der Waals surface area contributed by atoms with E-state index < -0.39 is 0 Å². The van der Waals surface area contributed by atoms with Crippen LogP contribution in [0.1, 0.15) is 42.9 Å². The third kappa shape index (κ3) is 7.27. The molecule has 3 rings (SSSR count). The highest BCUT2D eigenvalue weighted by atomic mass is 16.5. The van der Waals surface area contributed by atoms with E-state index in [0.717, 1.165) is 77.1 Å². The van der Waals surface area contributed by atoms with Crippen LogP contribution in [0.5, 0.6) is 5.75 Å². The Morgan fingerprint density at radius 2 is 1.68 bits per heavy atom. The highest BCUT2D eigenvalue weighted by Crippen LogP contribution is 2.26. The molecular weight excluding hydrogens is 350 g/mol. The summed E-state index contributed by atoms with van der Waals surface area (Å²) in [6.07, 6.45) is 5.55. The van der Waals surface area contributed by atoms with Crippen LogP contribution in [0.25, 0.3) is 0 Å². The average molecular weight is 384 g/mol. The number of aryl methyl sites for hydroxylation is 1. The van der Waals surface area contributed by atoms with Gasteiger partial charge in [-0.05, 0) is 48.9 Å². The van der Waals surface area contributed by atoms with Gasteiger partial charge in [0.05, 0.1) is 19.3 Å². The van der Waals surface area contributed by atoms with Gasteiger partial charge in [0, 0.05) is 26.2 Å². The summed E-state index contributed by atoms with van der Waals surface area (Å²) in [7, 11) is 0. The van der Waals surface area contributed by atoms with E-state index in [0.29, 0.717) is 5.75 Å². The van der Waals surface area contributed by atoms with Gasteiger partial charge in [-0.1, -0.05) is 48.9 Å². The molecule has 152 valence electrons. The van der Waals surface area contributed by atoms with Crippen LogP contribution in [0.4, 0.5) is 0 Å². The number of morpholine rings is 1. The molecule has 0 radical (unpaired) electrons. The summed E-state index contributed by atoms with van der Waals surface area (Å²) in [5, 5.41) is 9.58. The van der Waals surface area contributed by atoms with Crippen molar-refractivity contribution in [1.29, 1.82) is 0 Å². The molecule has 4 heteroatoms. The zero-order valence-corrected chi connectivity index (χ0v) is 16.8. The molecule has 0 saturated carbocycles. The molecule has 2 aromatic carbocycles. The monoisotopic (exact) mass is 383 g/mol. The zero-order chi connectivity index (χ0) is 19.4. The molecule has 1 fully saturated rings. The van der Waals surface area contributed by atoms with Gasteiger partial charge in [0.15, 0.2) is 0 Å². The molecule has 1 atom stereocenters. The number of rotatable bonds is 11. The van der Waals surface area contributed by atoms with Crippen molar-refractivity contribution in [2.45, 2.75) is 38.2 Å². The van der Waals surface area contributed by atoms with Gasteiger partial charge < -0.3 is 14.6 Å². The fourth-order valence-electron chi connectivity index (χ4n) is 3.68. The van der Waals surface area contributed by atoms with Crippen LogP contribution in [-0.4, -0.2) is 49.5 Å². The molecule has 4 nitrogen and oxygen atoms in total. The summed E-state index contributed by atoms with van der Waals surface area (Å²) in [6.45, 7) is 5.58. The maximum atomic E-state index is 9.58. The average Bonchev–Trinajstić information content (AvgIpc) is 2.75. The molecule has 1 heterocycles. The van der Waals surface area contributed by atoms with Crippen molar-refractivity contribution in [1.82, 2.24) is 4.90 Å². The Morgan fingerprint density at radius 1 is 0.929 bits per heavy atom. The van der Waals surface area contributed by atoms with Crippen LogP contribution in [0.2, 0.25) is 0 Å². The molecule has 1 saturated heterocycles. The Kier molecular flexibility index (Phi) is 8.82. The van der Waals surface area contributed by atoms with Gasteiger partial charge in [-0.15, -0.1) is 0 Å². The van der Waals surface area contributed by atoms with Crippen molar-refractivity contribution in [2.75, 3.05) is 39.5 Å². The number of hydrogen-bond acceptors (Lipinski definition) is 4. The highest BCUT2D eigenvalue weighted by molar-refractivity contribution is 5.27. The minimum absolute atomic E-state index is 0.0982. The normalized spacial score (nSPS) is 16.1. The van der Waals surface area contributed by atoms with Crippen LogP contribution in [-0.2, 0) is 15.9 Å². The van der Waals surface area contributed by atoms with E-state index in [2.05, 4.69) is 35.2 Å². The summed E-state index contributed by atoms with van der Waals surface area (Å²) in [5.41, 5.74) is 2.55. The Balaban J connectivity index is 1.43. The van der Waals surface area contributed by atoms with Gasteiger partial charge in [0.25, 0.3) is 0 Å². The molecule has 0 bridgehead atoms. The summed E-state index contributed by atoms with van der Waals surface area (Å²) >= 11 is 0. The highest BCUT2D eigenvalue weighted by Gasteiger charge is 2.14. The second-order valence-electron chi connectivity index (χ2n) is 7.49. The number of ether oxygens (including phenoxy) is 2. The standard InChI is InChI=1S/C24H33NO3/c26-23-13-11-22(12-14-23)24(10-5-4-9-21-7-2-1-3-8-21)28-18-6-15-25-16-19-27-20-17-25/h1-3,7-8,11-14,24,26H,4-6,9-10,15-20H2. The van der Waals surface area contributed by atoms with Gasteiger partial charge in [-0.3, -0.25) is 4.90 Å². The SMILES string of the molecule is Oc1ccc(C(CCCCc2ccccc2)OCCCN2CCOCC2)cc1. The number of unbranched alkanes of at least 4 members (excludes halogenated alkanes) is 1. The minimum Gasteiger partial charge on any atom is -0.508 e. The fourth-order valence-corrected chi connectivity index (χ4v) is 3.68. The first kappa shape index (κ1) is 20.8. The van der Waals surface area contributed by atoms with E-state index in [9.17, 15) is 5.11 Å². The van der Waals surface area contributed by atoms with Crippen molar-refractivity contribution >= 4 is 0 Å². The second kappa shape index (κ2) is 11.8. The van der Waals surface area contributed by atoms with Gasteiger partial charge in [0.1, 0.15) is 5.75 Å². The van der Waals surface area contributed by atoms with Gasteiger partial charge in [-0.2, -0.15) is 0 Å². The van der Waals surface area contributed by atoms with Gasteiger partial charge in [0.2, 0.25) is 0 Å². The van der Waals surface area contributed by atoms with Crippen molar-refractivity contribution in [3.63, 3.8) is 0 Å². The van der Waals surface area contributed by atoms with Crippen molar-refractivity contribution < 1.29 is 14.6 Å². The van der Waals surface area contributed by atoms with Crippen LogP contribution in [0, 0.1) is 0 Å². The van der Waals surface area contributed by atoms with E-state index in [4.69, 9.17) is 9.47 Å². The predicted octanol–water partition coefficient (Wildman–Crippen LogP) is 4.59. The van der Waals surface area contributed by atoms with Crippen LogP contribution in [0.15, 0.2) is 54.6 Å². The Labute approximate surface area is 169 Å².